The van der Waals surface area contributed by atoms with Crippen molar-refractivity contribution in [2.24, 2.45) is 0 Å². The van der Waals surface area contributed by atoms with Gasteiger partial charge in [0.05, 0.1) is 12.6 Å². The molecule has 20 heavy (non-hydrogen) atoms. The van der Waals surface area contributed by atoms with E-state index in [2.05, 4.69) is 0 Å². The molecule has 0 saturated heterocycles. The minimum absolute atomic E-state index is 0.0284. The van der Waals surface area contributed by atoms with E-state index in [0.29, 0.717) is 17.8 Å². The summed E-state index contributed by atoms with van der Waals surface area (Å²) in [5.41, 5.74) is 1.21. The maximum atomic E-state index is 13.3. The van der Waals surface area contributed by atoms with Gasteiger partial charge in [-0.3, -0.25) is 4.79 Å². The molecule has 0 heterocycles. The highest BCUT2D eigenvalue weighted by molar-refractivity contribution is 5.81. The molecule has 0 unspecified atom stereocenters. The van der Waals surface area contributed by atoms with Crippen molar-refractivity contribution < 1.29 is 14.3 Å². The summed E-state index contributed by atoms with van der Waals surface area (Å²) in [6.45, 7) is 4.49. The molecule has 4 nitrogen and oxygen atoms in total. The monoisotopic (exact) mass is 282 g/mol. The molecule has 1 aromatic rings. The van der Waals surface area contributed by atoms with Crippen LogP contribution in [-0.4, -0.2) is 43.1 Å². The number of aliphatic hydroxyl groups excluding tert-OH is 1. The topological polar surface area (TPSA) is 43.8 Å². The Balaban J connectivity index is 3.11. The summed E-state index contributed by atoms with van der Waals surface area (Å²) in [4.78, 5) is 15.3. The summed E-state index contributed by atoms with van der Waals surface area (Å²) in [6.07, 6.45) is 0.0756. The van der Waals surface area contributed by atoms with Gasteiger partial charge in [0.1, 0.15) is 5.82 Å². The van der Waals surface area contributed by atoms with E-state index in [1.807, 2.05) is 11.8 Å². The van der Waals surface area contributed by atoms with Crippen LogP contribution in [0.5, 0.6) is 0 Å². The Hall–Kier alpha value is -1.62. The number of benzene rings is 1. The van der Waals surface area contributed by atoms with Gasteiger partial charge in [0.2, 0.25) is 5.91 Å². The molecule has 1 rings (SSSR count). The molecule has 0 aliphatic carbocycles. The minimum Gasteiger partial charge on any atom is -0.389 e. The fraction of sp³-hybridized carbons (Fsp3) is 0.533. The SMILES string of the molecule is CCCN(CC(=O)N(C)C)c1ccc(F)cc1[C@@H](C)O. The smallest absolute Gasteiger partial charge is 0.241 e. The van der Waals surface area contributed by atoms with E-state index < -0.39 is 6.10 Å². The molecule has 1 N–H and O–H groups in total. The second-order valence-corrected chi connectivity index (χ2v) is 5.09. The van der Waals surface area contributed by atoms with Crippen LogP contribution in [0.1, 0.15) is 31.9 Å². The average molecular weight is 282 g/mol. The Labute approximate surface area is 119 Å². The van der Waals surface area contributed by atoms with Crippen molar-refractivity contribution >= 4 is 11.6 Å². The molecule has 1 atom stereocenters. The van der Waals surface area contributed by atoms with Crippen LogP contribution in [0.15, 0.2) is 18.2 Å². The second kappa shape index (κ2) is 7.24. The molecule has 112 valence electrons. The maximum absolute atomic E-state index is 13.3. The minimum atomic E-state index is -0.783. The van der Waals surface area contributed by atoms with Gasteiger partial charge in [-0.25, -0.2) is 4.39 Å². The van der Waals surface area contributed by atoms with Crippen LogP contribution in [-0.2, 0) is 4.79 Å². The summed E-state index contributed by atoms with van der Waals surface area (Å²) in [5, 5.41) is 9.80. The Morgan fingerprint density at radius 3 is 2.55 bits per heavy atom. The molecule has 5 heteroatoms. The first-order valence-corrected chi connectivity index (χ1v) is 6.79. The first-order chi connectivity index (χ1) is 9.36. The number of halogens is 1. The van der Waals surface area contributed by atoms with Crippen LogP contribution in [0.4, 0.5) is 10.1 Å². The van der Waals surface area contributed by atoms with Crippen molar-refractivity contribution in [2.75, 3.05) is 32.1 Å². The van der Waals surface area contributed by atoms with Crippen molar-refractivity contribution in [1.82, 2.24) is 4.90 Å². The predicted molar refractivity (Wildman–Crippen MR) is 78.2 cm³/mol. The van der Waals surface area contributed by atoms with Gasteiger partial charge in [-0.1, -0.05) is 6.92 Å². The summed E-state index contributed by atoms with van der Waals surface area (Å²) in [6, 6.07) is 4.29. The highest BCUT2D eigenvalue weighted by Gasteiger charge is 2.18. The fourth-order valence-corrected chi connectivity index (χ4v) is 2.01. The molecule has 0 aliphatic rings. The lowest BCUT2D eigenvalue weighted by molar-refractivity contribution is -0.127. The largest absolute Gasteiger partial charge is 0.389 e. The van der Waals surface area contributed by atoms with E-state index in [1.54, 1.807) is 27.1 Å². The quantitative estimate of drug-likeness (QED) is 0.870. The highest BCUT2D eigenvalue weighted by atomic mass is 19.1. The highest BCUT2D eigenvalue weighted by Crippen LogP contribution is 2.27. The first kappa shape index (κ1) is 16.4. The lowest BCUT2D eigenvalue weighted by Gasteiger charge is -2.28. The number of carbonyl (C=O) groups is 1. The maximum Gasteiger partial charge on any atom is 0.241 e. The van der Waals surface area contributed by atoms with E-state index >= 15 is 0 Å². The molecule has 0 aromatic heterocycles. The Morgan fingerprint density at radius 2 is 2.05 bits per heavy atom. The molecule has 0 radical (unpaired) electrons. The van der Waals surface area contributed by atoms with Crippen molar-refractivity contribution in [3.05, 3.63) is 29.6 Å². The predicted octanol–water partition coefficient (Wildman–Crippen LogP) is 2.18. The number of anilines is 1. The van der Waals surface area contributed by atoms with Gasteiger partial charge < -0.3 is 14.9 Å². The zero-order valence-corrected chi connectivity index (χ0v) is 12.6. The van der Waals surface area contributed by atoms with Gasteiger partial charge in [0, 0.05) is 31.9 Å². The summed E-state index contributed by atoms with van der Waals surface area (Å²) < 4.78 is 13.3. The third-order valence-electron chi connectivity index (χ3n) is 3.10. The number of amides is 1. The van der Waals surface area contributed by atoms with Crippen molar-refractivity contribution in [3.63, 3.8) is 0 Å². The molecule has 0 spiro atoms. The Morgan fingerprint density at radius 1 is 1.40 bits per heavy atom. The van der Waals surface area contributed by atoms with Gasteiger partial charge in [-0.05, 0) is 31.5 Å². The van der Waals surface area contributed by atoms with Crippen LogP contribution in [0, 0.1) is 5.82 Å². The van der Waals surface area contributed by atoms with Gasteiger partial charge in [0.15, 0.2) is 0 Å². The van der Waals surface area contributed by atoms with E-state index in [0.717, 1.165) is 6.42 Å². The molecule has 0 saturated carbocycles. The lowest BCUT2D eigenvalue weighted by atomic mass is 10.1. The standard InChI is InChI=1S/C15H23FN2O2/c1-5-8-18(10-15(20)17(3)4)14-7-6-12(16)9-13(14)11(2)19/h6-7,9,11,19H,5,8,10H2,1-4H3/t11-/m1/s1. The molecular formula is C15H23FN2O2. The molecule has 1 amide bonds. The number of aliphatic hydroxyl groups is 1. The normalized spacial score (nSPS) is 12.1. The fourth-order valence-electron chi connectivity index (χ4n) is 2.01. The zero-order chi connectivity index (χ0) is 15.3. The molecular weight excluding hydrogens is 259 g/mol. The van der Waals surface area contributed by atoms with Gasteiger partial charge in [-0.15, -0.1) is 0 Å². The number of likely N-dealkylation sites (N-methyl/N-ethyl adjacent to an activating group) is 1. The van der Waals surface area contributed by atoms with E-state index in [1.165, 1.54) is 17.0 Å². The zero-order valence-electron chi connectivity index (χ0n) is 12.6. The molecule has 1 aromatic carbocycles. The van der Waals surface area contributed by atoms with Gasteiger partial charge in [-0.2, -0.15) is 0 Å². The molecule has 0 bridgehead atoms. The average Bonchev–Trinajstić information content (AvgIpc) is 2.37. The Kier molecular flexibility index (Phi) is 5.95. The number of rotatable bonds is 6. The summed E-state index contributed by atoms with van der Waals surface area (Å²) in [7, 11) is 3.40. The van der Waals surface area contributed by atoms with E-state index in [4.69, 9.17) is 0 Å². The number of carbonyl (C=O) groups excluding carboxylic acids is 1. The second-order valence-electron chi connectivity index (χ2n) is 5.09. The van der Waals surface area contributed by atoms with Crippen molar-refractivity contribution in [2.45, 2.75) is 26.4 Å². The Bertz CT molecular complexity index is 461. The van der Waals surface area contributed by atoms with Crippen LogP contribution < -0.4 is 4.90 Å². The summed E-state index contributed by atoms with van der Waals surface area (Å²) in [5.74, 6) is -0.417. The summed E-state index contributed by atoms with van der Waals surface area (Å²) >= 11 is 0. The number of hydrogen-bond acceptors (Lipinski definition) is 3. The third-order valence-corrected chi connectivity index (χ3v) is 3.10. The van der Waals surface area contributed by atoms with Gasteiger partial charge >= 0.3 is 0 Å². The van der Waals surface area contributed by atoms with Gasteiger partial charge in [0.25, 0.3) is 0 Å². The first-order valence-electron chi connectivity index (χ1n) is 6.79. The van der Waals surface area contributed by atoms with E-state index in [9.17, 15) is 14.3 Å². The van der Waals surface area contributed by atoms with E-state index in [-0.39, 0.29) is 18.3 Å². The number of nitrogens with zero attached hydrogens (tertiary/aromatic N) is 2. The van der Waals surface area contributed by atoms with Crippen molar-refractivity contribution in [1.29, 1.82) is 0 Å². The number of hydrogen-bond donors (Lipinski definition) is 1. The molecule has 0 aliphatic heterocycles. The third kappa shape index (κ3) is 4.20. The van der Waals surface area contributed by atoms with Crippen molar-refractivity contribution in [3.8, 4) is 0 Å². The van der Waals surface area contributed by atoms with Crippen LogP contribution in [0.25, 0.3) is 0 Å². The lowest BCUT2D eigenvalue weighted by Crippen LogP contribution is -2.37. The van der Waals surface area contributed by atoms with Crippen LogP contribution in [0.3, 0.4) is 0 Å². The van der Waals surface area contributed by atoms with Crippen LogP contribution in [0.2, 0.25) is 0 Å². The van der Waals surface area contributed by atoms with Crippen LogP contribution >= 0.6 is 0 Å². The molecule has 0 fully saturated rings.